The van der Waals surface area contributed by atoms with Crippen molar-refractivity contribution in [1.82, 2.24) is 5.32 Å². The molecule has 4 nitrogen and oxygen atoms in total. The minimum absolute atomic E-state index is 0.0988. The van der Waals surface area contributed by atoms with Gasteiger partial charge in [0.1, 0.15) is 5.75 Å². The van der Waals surface area contributed by atoms with E-state index in [1.165, 1.54) is 18.2 Å². The quantitative estimate of drug-likeness (QED) is 0.614. The molecule has 0 radical (unpaired) electrons. The minimum atomic E-state index is -0.239. The Balaban J connectivity index is 1.69. The summed E-state index contributed by atoms with van der Waals surface area (Å²) in [6.45, 7) is 0.425. The topological polar surface area (TPSA) is 58.6 Å². The predicted molar refractivity (Wildman–Crippen MR) is 102 cm³/mol. The number of hydrogen-bond acceptors (Lipinski definition) is 3. The molecule has 0 heterocycles. The average Bonchev–Trinajstić information content (AvgIpc) is 2.64. The summed E-state index contributed by atoms with van der Waals surface area (Å²) >= 11 is 12.0. The van der Waals surface area contributed by atoms with E-state index in [-0.39, 0.29) is 22.4 Å². The lowest BCUT2D eigenvalue weighted by molar-refractivity contribution is 0.0951. The highest BCUT2D eigenvalue weighted by Crippen LogP contribution is 2.36. The van der Waals surface area contributed by atoms with Gasteiger partial charge in [-0.25, -0.2) is 0 Å². The number of carbonyl (C=O) groups is 1. The summed E-state index contributed by atoms with van der Waals surface area (Å²) in [5.41, 5.74) is 1.42. The van der Waals surface area contributed by atoms with E-state index in [9.17, 15) is 9.90 Å². The molecule has 0 spiro atoms. The highest BCUT2D eigenvalue weighted by atomic mass is 35.5. The molecule has 0 saturated heterocycles. The number of amides is 1. The molecular weight excluding hydrogens is 373 g/mol. The number of phenols is 1. The van der Waals surface area contributed by atoms with Gasteiger partial charge in [-0.2, -0.15) is 0 Å². The Kier molecular flexibility index (Phi) is 5.66. The fourth-order valence-electron chi connectivity index (χ4n) is 2.30. The summed E-state index contributed by atoms with van der Waals surface area (Å²) in [5, 5.41) is 13.3. The van der Waals surface area contributed by atoms with Crippen LogP contribution in [0.25, 0.3) is 0 Å². The van der Waals surface area contributed by atoms with Crippen LogP contribution in [0.5, 0.6) is 17.2 Å². The third-order valence-electron chi connectivity index (χ3n) is 3.63. The maximum absolute atomic E-state index is 12.3. The molecule has 0 aliphatic rings. The summed E-state index contributed by atoms with van der Waals surface area (Å²) in [7, 11) is 0. The third kappa shape index (κ3) is 4.48. The van der Waals surface area contributed by atoms with Gasteiger partial charge in [0.05, 0.1) is 5.02 Å². The Hall–Kier alpha value is -2.69. The van der Waals surface area contributed by atoms with Gasteiger partial charge >= 0.3 is 0 Å². The molecule has 0 atom stereocenters. The number of rotatable bonds is 5. The van der Waals surface area contributed by atoms with Gasteiger partial charge in [-0.15, -0.1) is 0 Å². The fourth-order valence-corrected chi connectivity index (χ4v) is 2.69. The molecule has 3 aromatic carbocycles. The Morgan fingerprint density at radius 3 is 2.38 bits per heavy atom. The van der Waals surface area contributed by atoms with Gasteiger partial charge in [0.25, 0.3) is 5.91 Å². The zero-order valence-corrected chi connectivity index (χ0v) is 15.1. The first kappa shape index (κ1) is 18.1. The van der Waals surface area contributed by atoms with Crippen LogP contribution in [-0.4, -0.2) is 11.0 Å². The normalized spacial score (nSPS) is 10.4. The molecule has 0 saturated carbocycles. The number of ether oxygens (including phenoxy) is 1. The number of aromatic hydroxyl groups is 1. The second-order valence-corrected chi connectivity index (χ2v) is 6.37. The van der Waals surface area contributed by atoms with Crippen molar-refractivity contribution in [3.8, 4) is 17.2 Å². The number of phenolic OH excluding ortho intramolecular Hbond substituents is 1. The van der Waals surface area contributed by atoms with E-state index in [1.807, 2.05) is 30.3 Å². The van der Waals surface area contributed by atoms with Crippen molar-refractivity contribution in [2.24, 2.45) is 0 Å². The summed E-state index contributed by atoms with van der Waals surface area (Å²) in [6, 6.07) is 18.8. The number of halogens is 2. The second-order valence-electron chi connectivity index (χ2n) is 5.53. The van der Waals surface area contributed by atoms with Crippen molar-refractivity contribution < 1.29 is 14.6 Å². The maximum atomic E-state index is 12.3. The van der Waals surface area contributed by atoms with Crippen LogP contribution in [0.3, 0.4) is 0 Å². The van der Waals surface area contributed by atoms with Crippen molar-refractivity contribution >= 4 is 29.1 Å². The second kappa shape index (κ2) is 8.13. The average molecular weight is 388 g/mol. The highest BCUT2D eigenvalue weighted by molar-refractivity contribution is 6.32. The highest BCUT2D eigenvalue weighted by Gasteiger charge is 2.12. The summed E-state index contributed by atoms with van der Waals surface area (Å²) in [6.07, 6.45) is 0. The van der Waals surface area contributed by atoms with Gasteiger partial charge in [0, 0.05) is 23.2 Å². The van der Waals surface area contributed by atoms with Crippen molar-refractivity contribution in [2.75, 3.05) is 0 Å². The van der Waals surface area contributed by atoms with E-state index < -0.39 is 0 Å². The van der Waals surface area contributed by atoms with Gasteiger partial charge in [0.2, 0.25) is 0 Å². The molecule has 0 aliphatic heterocycles. The first-order chi connectivity index (χ1) is 12.5. The molecule has 6 heteroatoms. The van der Waals surface area contributed by atoms with Crippen LogP contribution in [-0.2, 0) is 6.54 Å². The molecule has 0 aromatic heterocycles. The van der Waals surface area contributed by atoms with Gasteiger partial charge in [-0.1, -0.05) is 53.5 Å². The lowest BCUT2D eigenvalue weighted by Crippen LogP contribution is -2.22. The number of hydrogen-bond donors (Lipinski definition) is 2. The lowest BCUT2D eigenvalue weighted by atomic mass is 10.2. The molecule has 1 amide bonds. The maximum Gasteiger partial charge on any atom is 0.251 e. The molecular formula is C20H15Cl2NO3. The smallest absolute Gasteiger partial charge is 0.251 e. The largest absolute Gasteiger partial charge is 0.504 e. The summed E-state index contributed by atoms with van der Waals surface area (Å²) in [5.74, 6) is 0.205. The van der Waals surface area contributed by atoms with E-state index in [0.29, 0.717) is 22.9 Å². The Morgan fingerprint density at radius 2 is 1.69 bits per heavy atom. The van der Waals surface area contributed by atoms with E-state index in [2.05, 4.69) is 5.32 Å². The number of benzene rings is 3. The molecule has 0 bridgehead atoms. The number of carbonyl (C=O) groups excluding carboxylic acids is 1. The standard InChI is InChI=1S/C20H15Cl2NO3/c21-15-7-9-19(17(24)11-15)26-18-8-6-14(10-16(18)22)20(25)23-12-13-4-2-1-3-5-13/h1-11,24H,12H2,(H,23,25). The molecule has 0 fully saturated rings. The molecule has 26 heavy (non-hydrogen) atoms. The summed E-state index contributed by atoms with van der Waals surface area (Å²) in [4.78, 5) is 12.3. The first-order valence-electron chi connectivity index (χ1n) is 7.81. The van der Waals surface area contributed by atoms with Crippen LogP contribution < -0.4 is 10.1 Å². The van der Waals surface area contributed by atoms with Crippen LogP contribution >= 0.6 is 23.2 Å². The van der Waals surface area contributed by atoms with Crippen LogP contribution in [0, 0.1) is 0 Å². The van der Waals surface area contributed by atoms with Gasteiger partial charge < -0.3 is 15.2 Å². The van der Waals surface area contributed by atoms with Crippen molar-refractivity contribution in [3.05, 3.63) is 87.9 Å². The molecule has 132 valence electrons. The first-order valence-corrected chi connectivity index (χ1v) is 8.56. The Labute approximate surface area is 161 Å². The van der Waals surface area contributed by atoms with E-state index in [0.717, 1.165) is 5.56 Å². The lowest BCUT2D eigenvalue weighted by Gasteiger charge is -2.11. The van der Waals surface area contributed by atoms with Crippen LogP contribution in [0.1, 0.15) is 15.9 Å². The molecule has 0 aliphatic carbocycles. The van der Waals surface area contributed by atoms with Gasteiger partial charge in [0.15, 0.2) is 11.5 Å². The molecule has 0 unspecified atom stereocenters. The number of nitrogens with one attached hydrogen (secondary N) is 1. The van der Waals surface area contributed by atoms with E-state index in [4.69, 9.17) is 27.9 Å². The van der Waals surface area contributed by atoms with Crippen LogP contribution in [0.4, 0.5) is 0 Å². The van der Waals surface area contributed by atoms with Crippen molar-refractivity contribution in [3.63, 3.8) is 0 Å². The molecule has 3 aromatic rings. The van der Waals surface area contributed by atoms with Gasteiger partial charge in [-0.3, -0.25) is 4.79 Å². The van der Waals surface area contributed by atoms with Gasteiger partial charge in [-0.05, 0) is 35.9 Å². The van der Waals surface area contributed by atoms with E-state index >= 15 is 0 Å². The third-order valence-corrected chi connectivity index (χ3v) is 4.16. The zero-order chi connectivity index (χ0) is 18.5. The van der Waals surface area contributed by atoms with Crippen molar-refractivity contribution in [2.45, 2.75) is 6.54 Å². The zero-order valence-electron chi connectivity index (χ0n) is 13.6. The predicted octanol–water partition coefficient (Wildman–Crippen LogP) is 5.42. The minimum Gasteiger partial charge on any atom is -0.504 e. The van der Waals surface area contributed by atoms with Crippen LogP contribution in [0.15, 0.2) is 66.7 Å². The molecule has 3 rings (SSSR count). The molecule has 2 N–H and O–H groups in total. The van der Waals surface area contributed by atoms with Crippen LogP contribution in [0.2, 0.25) is 10.0 Å². The SMILES string of the molecule is O=C(NCc1ccccc1)c1ccc(Oc2ccc(Cl)cc2O)c(Cl)c1. The summed E-state index contributed by atoms with van der Waals surface area (Å²) < 4.78 is 5.59. The van der Waals surface area contributed by atoms with E-state index in [1.54, 1.807) is 18.2 Å². The van der Waals surface area contributed by atoms with Crippen molar-refractivity contribution in [1.29, 1.82) is 0 Å². The fraction of sp³-hybridized carbons (Fsp3) is 0.0500. The Morgan fingerprint density at radius 1 is 0.962 bits per heavy atom. The monoisotopic (exact) mass is 387 g/mol. The Bertz CT molecular complexity index is 930.